The zero-order valence-electron chi connectivity index (χ0n) is 10.1. The van der Waals surface area contributed by atoms with Gasteiger partial charge in [0, 0.05) is 11.6 Å². The molecular formula is C14H15N3S. The summed E-state index contributed by atoms with van der Waals surface area (Å²) < 4.78 is 2.94. The molecule has 3 nitrogen and oxygen atoms in total. The number of aromatic amines is 1. The Hall–Kier alpha value is -1.42. The minimum Gasteiger partial charge on any atom is -0.297 e. The molecule has 92 valence electrons. The summed E-state index contributed by atoms with van der Waals surface area (Å²) in [7, 11) is 0. The zero-order chi connectivity index (χ0) is 12.1. The van der Waals surface area contributed by atoms with Crippen molar-refractivity contribution < 1.29 is 0 Å². The van der Waals surface area contributed by atoms with Gasteiger partial charge in [-0.15, -0.1) is 0 Å². The van der Waals surface area contributed by atoms with E-state index >= 15 is 0 Å². The third-order valence-corrected chi connectivity index (χ3v) is 4.26. The Kier molecular flexibility index (Phi) is 2.21. The fourth-order valence-electron chi connectivity index (χ4n) is 2.89. The van der Waals surface area contributed by atoms with Crippen molar-refractivity contribution in [2.24, 2.45) is 0 Å². The maximum absolute atomic E-state index is 5.33. The minimum absolute atomic E-state index is 0.569. The van der Waals surface area contributed by atoms with Crippen molar-refractivity contribution in [1.82, 2.24) is 14.8 Å². The van der Waals surface area contributed by atoms with Crippen molar-refractivity contribution in [3.63, 3.8) is 0 Å². The molecule has 2 aliphatic carbocycles. The van der Waals surface area contributed by atoms with Gasteiger partial charge in [-0.25, -0.2) is 0 Å². The molecule has 2 aromatic rings. The molecule has 4 heteroatoms. The molecule has 2 aliphatic rings. The van der Waals surface area contributed by atoms with Crippen molar-refractivity contribution in [3.8, 4) is 11.4 Å². The van der Waals surface area contributed by atoms with E-state index in [0.29, 0.717) is 6.04 Å². The fraction of sp³-hybridized carbons (Fsp3) is 0.429. The lowest BCUT2D eigenvalue weighted by Crippen LogP contribution is -1.98. The van der Waals surface area contributed by atoms with Crippen molar-refractivity contribution in [2.45, 2.75) is 38.1 Å². The van der Waals surface area contributed by atoms with E-state index in [-0.39, 0.29) is 0 Å². The normalized spacial score (nSPS) is 18.0. The molecule has 1 N–H and O–H groups in total. The highest BCUT2D eigenvalue weighted by Gasteiger charge is 2.28. The van der Waals surface area contributed by atoms with Gasteiger partial charge in [-0.3, -0.25) is 9.67 Å². The molecule has 18 heavy (non-hydrogen) atoms. The van der Waals surface area contributed by atoms with Crippen LogP contribution < -0.4 is 0 Å². The van der Waals surface area contributed by atoms with Gasteiger partial charge in [-0.1, -0.05) is 12.1 Å². The van der Waals surface area contributed by atoms with E-state index in [2.05, 4.69) is 33.0 Å². The Morgan fingerprint density at radius 2 is 2.06 bits per heavy atom. The van der Waals surface area contributed by atoms with Crippen LogP contribution in [0.25, 0.3) is 11.4 Å². The number of nitrogens with one attached hydrogen (secondary N) is 1. The fourth-order valence-corrected chi connectivity index (χ4v) is 3.17. The van der Waals surface area contributed by atoms with Gasteiger partial charge in [0.15, 0.2) is 10.6 Å². The van der Waals surface area contributed by atoms with Crippen LogP contribution in [0.5, 0.6) is 0 Å². The molecule has 1 fully saturated rings. The smallest absolute Gasteiger partial charge is 0.195 e. The quantitative estimate of drug-likeness (QED) is 0.836. The van der Waals surface area contributed by atoms with Crippen LogP contribution >= 0.6 is 12.2 Å². The lowest BCUT2D eigenvalue weighted by atomic mass is 10.1. The molecule has 1 heterocycles. The number of aromatic nitrogens is 3. The summed E-state index contributed by atoms with van der Waals surface area (Å²) in [6.45, 7) is 0. The van der Waals surface area contributed by atoms with E-state index in [9.17, 15) is 0 Å². The van der Waals surface area contributed by atoms with Crippen molar-refractivity contribution in [3.05, 3.63) is 34.1 Å². The van der Waals surface area contributed by atoms with E-state index < -0.39 is 0 Å². The average Bonchev–Trinajstić information content (AvgIpc) is 2.98. The van der Waals surface area contributed by atoms with Gasteiger partial charge in [0.1, 0.15) is 0 Å². The van der Waals surface area contributed by atoms with Gasteiger partial charge >= 0.3 is 0 Å². The molecule has 1 aromatic heterocycles. The predicted octanol–water partition coefficient (Wildman–Crippen LogP) is 3.43. The lowest BCUT2D eigenvalue weighted by molar-refractivity contribution is 0.735. The second kappa shape index (κ2) is 3.79. The Balaban J connectivity index is 1.85. The summed E-state index contributed by atoms with van der Waals surface area (Å²) >= 11 is 5.33. The van der Waals surface area contributed by atoms with Gasteiger partial charge in [-0.2, -0.15) is 5.10 Å². The van der Waals surface area contributed by atoms with Gasteiger partial charge in [0.05, 0.1) is 0 Å². The molecule has 0 saturated heterocycles. The number of rotatable bonds is 2. The first-order valence-electron chi connectivity index (χ1n) is 6.62. The van der Waals surface area contributed by atoms with Gasteiger partial charge in [-0.05, 0) is 61.5 Å². The van der Waals surface area contributed by atoms with Gasteiger partial charge in [0.25, 0.3) is 0 Å². The van der Waals surface area contributed by atoms with Crippen molar-refractivity contribution in [2.75, 3.05) is 0 Å². The summed E-state index contributed by atoms with van der Waals surface area (Å²) in [6, 6.07) is 7.31. The Bertz CT molecular complexity index is 664. The number of benzene rings is 1. The number of hydrogen-bond donors (Lipinski definition) is 1. The Labute approximate surface area is 111 Å². The molecule has 0 radical (unpaired) electrons. The van der Waals surface area contributed by atoms with Crippen molar-refractivity contribution in [1.29, 1.82) is 0 Å². The molecule has 0 amide bonds. The summed E-state index contributed by atoms with van der Waals surface area (Å²) in [4.78, 5) is 0. The molecule has 4 rings (SSSR count). The summed E-state index contributed by atoms with van der Waals surface area (Å²) in [5.74, 6) is 1.01. The first-order chi connectivity index (χ1) is 8.83. The molecule has 1 saturated carbocycles. The second-order valence-electron chi connectivity index (χ2n) is 5.29. The Morgan fingerprint density at radius 1 is 1.22 bits per heavy atom. The number of nitrogens with zero attached hydrogens (tertiary/aromatic N) is 2. The van der Waals surface area contributed by atoms with Crippen LogP contribution in [0.4, 0.5) is 0 Å². The van der Waals surface area contributed by atoms with E-state index in [1.54, 1.807) is 0 Å². The van der Waals surface area contributed by atoms with Crippen LogP contribution in [-0.4, -0.2) is 14.8 Å². The number of aryl methyl sites for hydroxylation is 2. The largest absolute Gasteiger partial charge is 0.297 e. The maximum atomic E-state index is 5.33. The van der Waals surface area contributed by atoms with Gasteiger partial charge < -0.3 is 0 Å². The molecule has 0 bridgehead atoms. The zero-order valence-corrected chi connectivity index (χ0v) is 11.0. The SMILES string of the molecule is S=c1[nH]nc(-c2ccc3c(c2)CCC3)n1C1CC1. The highest BCUT2D eigenvalue weighted by Crippen LogP contribution is 2.38. The monoisotopic (exact) mass is 257 g/mol. The third-order valence-electron chi connectivity index (χ3n) is 3.97. The average molecular weight is 257 g/mol. The van der Waals surface area contributed by atoms with E-state index in [1.165, 1.54) is 48.8 Å². The van der Waals surface area contributed by atoms with Crippen LogP contribution in [0.15, 0.2) is 18.2 Å². The van der Waals surface area contributed by atoms with Crippen molar-refractivity contribution >= 4 is 12.2 Å². The molecular weight excluding hydrogens is 242 g/mol. The number of H-pyrrole nitrogens is 1. The number of fused-ring (bicyclic) bond motifs is 1. The van der Waals surface area contributed by atoms with Crippen LogP contribution in [0.3, 0.4) is 0 Å². The summed E-state index contributed by atoms with van der Waals surface area (Å²) in [5.41, 5.74) is 4.20. The predicted molar refractivity (Wildman–Crippen MR) is 73.1 cm³/mol. The highest BCUT2D eigenvalue weighted by molar-refractivity contribution is 7.71. The molecule has 0 atom stereocenters. The standard InChI is InChI=1S/C14H15N3S/c18-14-16-15-13(17(14)12-6-7-12)11-5-4-9-2-1-3-10(9)8-11/h4-5,8,12H,1-3,6-7H2,(H,16,18). The lowest BCUT2D eigenvalue weighted by Gasteiger charge is -2.07. The molecule has 0 spiro atoms. The van der Waals surface area contributed by atoms with Crippen LogP contribution in [-0.2, 0) is 12.8 Å². The summed E-state index contributed by atoms with van der Waals surface area (Å²) in [6.07, 6.45) is 6.18. The third kappa shape index (κ3) is 1.56. The second-order valence-corrected chi connectivity index (χ2v) is 5.68. The Morgan fingerprint density at radius 3 is 2.89 bits per heavy atom. The molecule has 1 aromatic carbocycles. The number of hydrogen-bond acceptors (Lipinski definition) is 2. The van der Waals surface area contributed by atoms with Gasteiger partial charge in [0.2, 0.25) is 0 Å². The van der Waals surface area contributed by atoms with E-state index in [0.717, 1.165) is 10.6 Å². The molecule has 0 unspecified atom stereocenters. The highest BCUT2D eigenvalue weighted by atomic mass is 32.1. The first-order valence-corrected chi connectivity index (χ1v) is 7.03. The topological polar surface area (TPSA) is 33.6 Å². The minimum atomic E-state index is 0.569. The van der Waals surface area contributed by atoms with E-state index in [1.807, 2.05) is 0 Å². The van der Waals surface area contributed by atoms with Crippen LogP contribution in [0.2, 0.25) is 0 Å². The molecule has 0 aliphatic heterocycles. The maximum Gasteiger partial charge on any atom is 0.195 e. The summed E-state index contributed by atoms with van der Waals surface area (Å²) in [5, 5.41) is 7.36. The first kappa shape index (κ1) is 10.5. The van der Waals surface area contributed by atoms with E-state index in [4.69, 9.17) is 12.2 Å². The van der Waals surface area contributed by atoms with Crippen LogP contribution in [0, 0.1) is 4.77 Å². The van der Waals surface area contributed by atoms with Crippen LogP contribution in [0.1, 0.15) is 36.4 Å².